The van der Waals surface area contributed by atoms with Gasteiger partial charge in [-0.25, -0.2) is 4.79 Å². The van der Waals surface area contributed by atoms with Crippen LogP contribution in [0.25, 0.3) is 0 Å². The van der Waals surface area contributed by atoms with Crippen molar-refractivity contribution in [3.8, 4) is 0 Å². The molecule has 0 aromatic carbocycles. The molecule has 2 atom stereocenters. The second-order valence-electron chi connectivity index (χ2n) is 13.5. The van der Waals surface area contributed by atoms with E-state index >= 15 is 0 Å². The quantitative estimate of drug-likeness (QED) is 0.0407. The number of esters is 2. The molecule has 0 aromatic rings. The van der Waals surface area contributed by atoms with Crippen LogP contribution < -0.4 is 0 Å². The summed E-state index contributed by atoms with van der Waals surface area (Å²) in [5.41, 5.74) is 0. The standard InChI is InChI=1S/C39H74O6/c1-3-5-7-9-11-13-15-17-19-21-23-25-27-29-31-33-36(41)35(38(43)45-39(44)37(42)34-40)32-30-28-26-24-22-20-18-16-14-12-10-8-6-4-2/h35,37,40,42H,3-34H2,1-2H3. The average molecular weight is 639 g/mol. The van der Waals surface area contributed by atoms with E-state index in [4.69, 9.17) is 9.84 Å². The molecule has 0 bridgehead atoms. The van der Waals surface area contributed by atoms with E-state index in [1.54, 1.807) is 0 Å². The Bertz CT molecular complexity index is 678. The number of carbonyl (C=O) groups is 3. The molecule has 266 valence electrons. The molecule has 0 amide bonds. The fourth-order valence-corrected chi connectivity index (χ4v) is 6.11. The number of unbranched alkanes of at least 4 members (excludes halogenated alkanes) is 27. The van der Waals surface area contributed by atoms with Gasteiger partial charge < -0.3 is 14.9 Å². The minimum Gasteiger partial charge on any atom is -0.393 e. The highest BCUT2D eigenvalue weighted by Crippen LogP contribution is 2.20. The van der Waals surface area contributed by atoms with Gasteiger partial charge in [-0.3, -0.25) is 9.59 Å². The molecule has 0 aliphatic carbocycles. The van der Waals surface area contributed by atoms with E-state index in [-0.39, 0.29) is 5.78 Å². The Morgan fingerprint density at radius 2 is 0.778 bits per heavy atom. The summed E-state index contributed by atoms with van der Waals surface area (Å²) < 4.78 is 4.78. The van der Waals surface area contributed by atoms with Crippen molar-refractivity contribution in [1.29, 1.82) is 0 Å². The molecule has 0 aromatic heterocycles. The molecule has 0 aliphatic heterocycles. The van der Waals surface area contributed by atoms with Crippen LogP contribution >= 0.6 is 0 Å². The second kappa shape index (κ2) is 34.1. The van der Waals surface area contributed by atoms with Crippen molar-refractivity contribution in [1.82, 2.24) is 0 Å². The monoisotopic (exact) mass is 639 g/mol. The zero-order chi connectivity index (χ0) is 33.2. The highest BCUT2D eigenvalue weighted by atomic mass is 16.6. The number of ether oxygens (including phenoxy) is 1. The Labute approximate surface area is 278 Å². The average Bonchev–Trinajstić information content (AvgIpc) is 3.04. The van der Waals surface area contributed by atoms with E-state index in [9.17, 15) is 19.5 Å². The molecule has 0 fully saturated rings. The molecule has 0 saturated carbocycles. The van der Waals surface area contributed by atoms with E-state index in [1.807, 2.05) is 0 Å². The Hall–Kier alpha value is -1.27. The fraction of sp³-hybridized carbons (Fsp3) is 0.923. The van der Waals surface area contributed by atoms with Crippen LogP contribution in [-0.2, 0) is 19.1 Å². The smallest absolute Gasteiger partial charge is 0.345 e. The zero-order valence-electron chi connectivity index (χ0n) is 29.8. The minimum atomic E-state index is -1.76. The molecule has 0 radical (unpaired) electrons. The van der Waals surface area contributed by atoms with Gasteiger partial charge in [-0.15, -0.1) is 0 Å². The van der Waals surface area contributed by atoms with Gasteiger partial charge in [0.2, 0.25) is 0 Å². The van der Waals surface area contributed by atoms with Gasteiger partial charge in [-0.2, -0.15) is 0 Å². The molecule has 2 unspecified atom stereocenters. The summed E-state index contributed by atoms with van der Waals surface area (Å²) in [6, 6.07) is 0. The maximum Gasteiger partial charge on any atom is 0.345 e. The lowest BCUT2D eigenvalue weighted by molar-refractivity contribution is -0.170. The molecule has 0 aliphatic rings. The lowest BCUT2D eigenvalue weighted by atomic mass is 9.92. The van der Waals surface area contributed by atoms with Crippen LogP contribution in [0.3, 0.4) is 0 Å². The number of aliphatic hydroxyl groups excluding tert-OH is 2. The maximum atomic E-state index is 13.0. The largest absolute Gasteiger partial charge is 0.393 e. The summed E-state index contributed by atoms with van der Waals surface area (Å²) in [6.45, 7) is 3.70. The molecular weight excluding hydrogens is 564 g/mol. The van der Waals surface area contributed by atoms with Crippen LogP contribution in [0.2, 0.25) is 0 Å². The molecule has 2 N–H and O–H groups in total. The fourth-order valence-electron chi connectivity index (χ4n) is 6.11. The van der Waals surface area contributed by atoms with Crippen LogP contribution in [0, 0.1) is 5.92 Å². The third-order valence-electron chi connectivity index (χ3n) is 9.19. The van der Waals surface area contributed by atoms with Gasteiger partial charge in [0.1, 0.15) is 11.7 Å². The van der Waals surface area contributed by atoms with Crippen molar-refractivity contribution in [2.75, 3.05) is 6.61 Å². The van der Waals surface area contributed by atoms with Crippen molar-refractivity contribution in [3.05, 3.63) is 0 Å². The highest BCUT2D eigenvalue weighted by molar-refractivity contribution is 6.02. The van der Waals surface area contributed by atoms with E-state index in [0.717, 1.165) is 38.5 Å². The Morgan fingerprint density at radius 3 is 1.11 bits per heavy atom. The van der Waals surface area contributed by atoms with Crippen LogP contribution in [-0.4, -0.2) is 40.6 Å². The first kappa shape index (κ1) is 43.7. The number of Topliss-reactive ketones (excluding diaryl/α,β-unsaturated/α-hetero) is 1. The van der Waals surface area contributed by atoms with Gasteiger partial charge in [0.25, 0.3) is 0 Å². The molecule has 6 heteroatoms. The predicted octanol–water partition coefficient (Wildman–Crippen LogP) is 10.7. The summed E-state index contributed by atoms with van der Waals surface area (Å²) >= 11 is 0. The maximum absolute atomic E-state index is 13.0. The minimum absolute atomic E-state index is 0.171. The highest BCUT2D eigenvalue weighted by Gasteiger charge is 2.30. The summed E-state index contributed by atoms with van der Waals surface area (Å²) in [4.78, 5) is 37.5. The van der Waals surface area contributed by atoms with Crippen molar-refractivity contribution in [3.63, 3.8) is 0 Å². The molecular formula is C39H74O6. The van der Waals surface area contributed by atoms with Crippen LogP contribution in [0.4, 0.5) is 0 Å². The molecule has 45 heavy (non-hydrogen) atoms. The van der Waals surface area contributed by atoms with Crippen molar-refractivity contribution in [2.45, 2.75) is 219 Å². The summed E-state index contributed by atoms with van der Waals surface area (Å²) in [7, 11) is 0. The van der Waals surface area contributed by atoms with Gasteiger partial charge in [0, 0.05) is 6.42 Å². The first-order chi connectivity index (χ1) is 22.0. The Morgan fingerprint density at radius 1 is 0.467 bits per heavy atom. The third kappa shape index (κ3) is 28.7. The number of hydrogen-bond acceptors (Lipinski definition) is 6. The Kier molecular flexibility index (Phi) is 33.1. The number of hydrogen-bond donors (Lipinski definition) is 2. The van der Waals surface area contributed by atoms with Crippen LogP contribution in [0.15, 0.2) is 0 Å². The van der Waals surface area contributed by atoms with E-state index < -0.39 is 30.6 Å². The summed E-state index contributed by atoms with van der Waals surface area (Å²) in [5, 5.41) is 18.5. The summed E-state index contributed by atoms with van der Waals surface area (Å²) in [6.07, 6.45) is 34.9. The lowest BCUT2D eigenvalue weighted by Crippen LogP contribution is -2.34. The van der Waals surface area contributed by atoms with Gasteiger partial charge in [-0.1, -0.05) is 194 Å². The Balaban J connectivity index is 4.12. The third-order valence-corrected chi connectivity index (χ3v) is 9.19. The van der Waals surface area contributed by atoms with Gasteiger partial charge in [0.15, 0.2) is 6.10 Å². The van der Waals surface area contributed by atoms with E-state index in [2.05, 4.69) is 13.8 Å². The van der Waals surface area contributed by atoms with Crippen molar-refractivity contribution >= 4 is 17.7 Å². The van der Waals surface area contributed by atoms with Gasteiger partial charge in [-0.05, 0) is 12.8 Å². The second-order valence-corrected chi connectivity index (χ2v) is 13.5. The van der Waals surface area contributed by atoms with Gasteiger partial charge in [0.05, 0.1) is 6.61 Å². The molecule has 0 spiro atoms. The topological polar surface area (TPSA) is 101 Å². The lowest BCUT2D eigenvalue weighted by Gasteiger charge is -2.15. The number of ketones is 1. The molecule has 0 rings (SSSR count). The number of carbonyl (C=O) groups excluding carboxylic acids is 3. The van der Waals surface area contributed by atoms with E-state index in [1.165, 1.54) is 148 Å². The van der Waals surface area contributed by atoms with Crippen molar-refractivity contribution < 1.29 is 29.3 Å². The van der Waals surface area contributed by atoms with Crippen LogP contribution in [0.5, 0.6) is 0 Å². The SMILES string of the molecule is CCCCCCCCCCCCCCCCCC(=O)C(CCCCCCCCCCCCCCCC)C(=O)OC(=O)C(O)CO. The summed E-state index contributed by atoms with van der Waals surface area (Å²) in [5.74, 6) is -3.21. The predicted molar refractivity (Wildman–Crippen MR) is 187 cm³/mol. The van der Waals surface area contributed by atoms with E-state index in [0.29, 0.717) is 12.8 Å². The normalized spacial score (nSPS) is 12.7. The molecule has 0 saturated heterocycles. The first-order valence-electron chi connectivity index (χ1n) is 19.5. The van der Waals surface area contributed by atoms with Crippen LogP contribution in [0.1, 0.15) is 213 Å². The van der Waals surface area contributed by atoms with Gasteiger partial charge >= 0.3 is 11.9 Å². The molecule has 0 heterocycles. The molecule has 6 nitrogen and oxygen atoms in total. The zero-order valence-corrected chi connectivity index (χ0v) is 29.8. The number of aliphatic hydroxyl groups is 2. The first-order valence-corrected chi connectivity index (χ1v) is 19.5. The van der Waals surface area contributed by atoms with Crippen molar-refractivity contribution in [2.24, 2.45) is 5.92 Å². The number of rotatable bonds is 35.